The summed E-state index contributed by atoms with van der Waals surface area (Å²) < 4.78 is 13.8. The van der Waals surface area contributed by atoms with E-state index in [2.05, 4.69) is 16.2 Å². The molecule has 7 nitrogen and oxygen atoms in total. The van der Waals surface area contributed by atoms with E-state index in [1.807, 2.05) is 4.90 Å². The van der Waals surface area contributed by atoms with Crippen molar-refractivity contribution in [2.45, 2.75) is 37.8 Å². The maximum absolute atomic E-state index is 13.8. The molecule has 0 unspecified atom stereocenters. The van der Waals surface area contributed by atoms with Crippen molar-refractivity contribution < 1.29 is 9.18 Å². The summed E-state index contributed by atoms with van der Waals surface area (Å²) in [4.78, 5) is 25.3. The molecule has 146 valence electrons. The van der Waals surface area contributed by atoms with Crippen molar-refractivity contribution in [3.63, 3.8) is 0 Å². The normalized spacial score (nSPS) is 16.7. The van der Waals surface area contributed by atoms with Crippen molar-refractivity contribution in [2.75, 3.05) is 13.1 Å². The zero-order chi connectivity index (χ0) is 20.4. The number of likely N-dealkylation sites (tertiary alicyclic amines) is 1. The van der Waals surface area contributed by atoms with Gasteiger partial charge in [0.05, 0.1) is 11.1 Å². The van der Waals surface area contributed by atoms with Crippen LogP contribution < -0.4 is 0 Å². The van der Waals surface area contributed by atoms with Crippen LogP contribution in [0, 0.1) is 28.6 Å². The Bertz CT molecular complexity index is 997. The van der Waals surface area contributed by atoms with Crippen LogP contribution in [0.15, 0.2) is 30.6 Å². The molecule has 0 spiro atoms. The molecular weight excluding hydrogens is 371 g/mol. The summed E-state index contributed by atoms with van der Waals surface area (Å²) in [5.74, 6) is -0.428. The number of hydrogen-bond donors (Lipinski definition) is 0. The average Bonchev–Trinajstić information content (AvgIpc) is 3.59. The van der Waals surface area contributed by atoms with Gasteiger partial charge in [0.1, 0.15) is 11.9 Å². The summed E-state index contributed by atoms with van der Waals surface area (Å²) in [5, 5.41) is 17.9. The Kier molecular flexibility index (Phi) is 5.09. The minimum Gasteiger partial charge on any atom is -0.332 e. The Labute approximate surface area is 168 Å². The number of carbonyl (C=O) groups is 1. The van der Waals surface area contributed by atoms with Crippen molar-refractivity contribution in [3.05, 3.63) is 47.5 Å². The lowest BCUT2D eigenvalue weighted by Crippen LogP contribution is -2.47. The standard InChI is InChI=1S/C21H19FN6O/c22-19-9-14(1-2-15(19)10-23)20-25-11-16(12-26-20)21(29)28(17-3-4-17)18-5-7-27(13-24)8-6-18/h1-2,9,11-12,17-18H,3-8H2. The lowest BCUT2D eigenvalue weighted by atomic mass is 10.0. The molecule has 29 heavy (non-hydrogen) atoms. The lowest BCUT2D eigenvalue weighted by Gasteiger charge is -2.37. The molecule has 2 aliphatic rings. The summed E-state index contributed by atoms with van der Waals surface area (Å²) in [6, 6.07) is 6.32. The van der Waals surface area contributed by atoms with Crippen molar-refractivity contribution in [1.29, 1.82) is 10.5 Å². The van der Waals surface area contributed by atoms with Gasteiger partial charge in [0.15, 0.2) is 12.0 Å². The number of hydrogen-bond acceptors (Lipinski definition) is 6. The molecule has 1 saturated carbocycles. The summed E-state index contributed by atoms with van der Waals surface area (Å²) in [6.45, 7) is 1.33. The van der Waals surface area contributed by atoms with Gasteiger partial charge in [-0.05, 0) is 43.9 Å². The molecule has 0 radical (unpaired) electrons. The number of amides is 1. The van der Waals surface area contributed by atoms with Crippen LogP contribution in [0.25, 0.3) is 11.4 Å². The van der Waals surface area contributed by atoms with E-state index >= 15 is 0 Å². The van der Waals surface area contributed by atoms with Gasteiger partial charge in [-0.15, -0.1) is 0 Å². The van der Waals surface area contributed by atoms with E-state index in [0.717, 1.165) is 25.7 Å². The first-order valence-electron chi connectivity index (χ1n) is 9.60. The van der Waals surface area contributed by atoms with Gasteiger partial charge in [0.2, 0.25) is 0 Å². The molecule has 8 heteroatoms. The largest absolute Gasteiger partial charge is 0.332 e. The molecule has 1 aromatic carbocycles. The molecule has 1 aromatic heterocycles. The Morgan fingerprint density at radius 1 is 1.10 bits per heavy atom. The summed E-state index contributed by atoms with van der Waals surface area (Å²) in [5.41, 5.74) is 0.809. The molecule has 1 aliphatic carbocycles. The minimum atomic E-state index is -0.627. The average molecular weight is 390 g/mol. The fourth-order valence-corrected chi connectivity index (χ4v) is 3.71. The highest BCUT2D eigenvalue weighted by Gasteiger charge is 2.39. The second-order valence-electron chi connectivity index (χ2n) is 7.36. The molecule has 1 aliphatic heterocycles. The van der Waals surface area contributed by atoms with Gasteiger partial charge < -0.3 is 9.80 Å². The number of aromatic nitrogens is 2. The summed E-state index contributed by atoms with van der Waals surface area (Å²) in [6.07, 6.45) is 8.65. The van der Waals surface area contributed by atoms with E-state index in [1.54, 1.807) is 17.0 Å². The van der Waals surface area contributed by atoms with E-state index < -0.39 is 5.82 Å². The number of piperidine rings is 1. The van der Waals surface area contributed by atoms with Crippen LogP contribution in [0.1, 0.15) is 41.6 Å². The molecule has 0 bridgehead atoms. The highest BCUT2D eigenvalue weighted by atomic mass is 19.1. The molecule has 2 fully saturated rings. The minimum absolute atomic E-state index is 0.0388. The maximum atomic E-state index is 13.8. The van der Waals surface area contributed by atoms with Crippen LogP contribution in [0.5, 0.6) is 0 Å². The summed E-state index contributed by atoms with van der Waals surface area (Å²) in [7, 11) is 0. The first-order chi connectivity index (χ1) is 14.1. The van der Waals surface area contributed by atoms with E-state index in [0.29, 0.717) is 30.0 Å². The van der Waals surface area contributed by atoms with Gasteiger partial charge in [0, 0.05) is 43.1 Å². The van der Waals surface area contributed by atoms with Crippen LogP contribution >= 0.6 is 0 Å². The topological polar surface area (TPSA) is 96.9 Å². The number of rotatable bonds is 4. The smallest absolute Gasteiger partial charge is 0.257 e. The third-order valence-electron chi connectivity index (χ3n) is 5.42. The van der Waals surface area contributed by atoms with Crippen molar-refractivity contribution in [3.8, 4) is 23.7 Å². The first-order valence-corrected chi connectivity index (χ1v) is 9.60. The first kappa shape index (κ1) is 18.8. The molecule has 1 amide bonds. The quantitative estimate of drug-likeness (QED) is 0.745. The number of nitrogens with zero attached hydrogens (tertiary/aromatic N) is 6. The zero-order valence-electron chi connectivity index (χ0n) is 15.8. The number of benzene rings is 1. The van der Waals surface area contributed by atoms with Gasteiger partial charge >= 0.3 is 0 Å². The van der Waals surface area contributed by atoms with E-state index in [4.69, 9.17) is 10.5 Å². The van der Waals surface area contributed by atoms with E-state index in [-0.39, 0.29) is 23.6 Å². The second kappa shape index (κ2) is 7.84. The molecule has 1 saturated heterocycles. The van der Waals surface area contributed by atoms with Crippen molar-refractivity contribution in [1.82, 2.24) is 19.8 Å². The second-order valence-corrected chi connectivity index (χ2v) is 7.36. The van der Waals surface area contributed by atoms with Crippen molar-refractivity contribution in [2.24, 2.45) is 0 Å². The van der Waals surface area contributed by atoms with Crippen LogP contribution in [0.2, 0.25) is 0 Å². The lowest BCUT2D eigenvalue weighted by molar-refractivity contribution is 0.0584. The third kappa shape index (κ3) is 3.88. The highest BCUT2D eigenvalue weighted by molar-refractivity contribution is 5.94. The Balaban J connectivity index is 1.52. The van der Waals surface area contributed by atoms with Crippen molar-refractivity contribution >= 4 is 5.91 Å². The van der Waals surface area contributed by atoms with E-state index in [9.17, 15) is 9.18 Å². The summed E-state index contributed by atoms with van der Waals surface area (Å²) >= 11 is 0. The molecular formula is C21H19FN6O. The fourth-order valence-electron chi connectivity index (χ4n) is 3.71. The van der Waals surface area contributed by atoms with Crippen LogP contribution in [0.4, 0.5) is 4.39 Å². The molecule has 2 heterocycles. The highest BCUT2D eigenvalue weighted by Crippen LogP contribution is 2.33. The molecule has 2 aromatic rings. The monoisotopic (exact) mass is 390 g/mol. The maximum Gasteiger partial charge on any atom is 0.257 e. The van der Waals surface area contributed by atoms with Crippen LogP contribution in [-0.4, -0.2) is 50.8 Å². The number of carbonyl (C=O) groups excluding carboxylic acids is 1. The molecule has 0 N–H and O–H groups in total. The Hall–Kier alpha value is -3.52. The SMILES string of the molecule is N#Cc1ccc(-c2ncc(C(=O)N(C3CC3)C3CCN(C#N)CC3)cn2)cc1F. The van der Waals surface area contributed by atoms with Crippen LogP contribution in [0.3, 0.4) is 0 Å². The van der Waals surface area contributed by atoms with Crippen LogP contribution in [-0.2, 0) is 0 Å². The van der Waals surface area contributed by atoms with E-state index in [1.165, 1.54) is 24.5 Å². The molecule has 0 atom stereocenters. The fraction of sp³-hybridized carbons (Fsp3) is 0.381. The Morgan fingerprint density at radius 3 is 2.31 bits per heavy atom. The predicted molar refractivity (Wildman–Crippen MR) is 102 cm³/mol. The zero-order valence-corrected chi connectivity index (χ0v) is 15.8. The third-order valence-corrected chi connectivity index (χ3v) is 5.42. The van der Waals surface area contributed by atoms with Gasteiger partial charge in [-0.2, -0.15) is 10.5 Å². The molecule has 4 rings (SSSR count). The van der Waals surface area contributed by atoms with Gasteiger partial charge in [-0.25, -0.2) is 14.4 Å². The number of nitriles is 2. The van der Waals surface area contributed by atoms with Gasteiger partial charge in [-0.3, -0.25) is 4.79 Å². The number of halogens is 1. The van der Waals surface area contributed by atoms with Gasteiger partial charge in [-0.1, -0.05) is 0 Å². The Morgan fingerprint density at radius 2 is 1.76 bits per heavy atom. The van der Waals surface area contributed by atoms with Gasteiger partial charge in [0.25, 0.3) is 5.91 Å². The predicted octanol–water partition coefficient (Wildman–Crippen LogP) is 2.70.